The summed E-state index contributed by atoms with van der Waals surface area (Å²) in [6.45, 7) is 1.77. The molecular weight excluding hydrogens is 314 g/mol. The number of hydrogen-bond donors (Lipinski definition) is 2. The maximum Gasteiger partial charge on any atom is 0.340 e. The van der Waals surface area contributed by atoms with Crippen LogP contribution in [-0.2, 0) is 16.4 Å². The summed E-state index contributed by atoms with van der Waals surface area (Å²) in [4.78, 5) is 14.7. The molecule has 3 rings (SSSR count). The summed E-state index contributed by atoms with van der Waals surface area (Å²) in [5.41, 5.74) is 8.03. The molecule has 2 aromatic carbocycles. The smallest absolute Gasteiger partial charge is 0.340 e. The van der Waals surface area contributed by atoms with Gasteiger partial charge in [-0.05, 0) is 36.6 Å². The number of aromatic nitrogens is 2. The Labute approximate surface area is 133 Å². The van der Waals surface area contributed by atoms with Gasteiger partial charge in [-0.15, -0.1) is 0 Å². The summed E-state index contributed by atoms with van der Waals surface area (Å²) in [7, 11) is -3.77. The number of nitrogen functional groups attached to an aromatic ring is 1. The molecule has 6 nitrogen and oxygen atoms in total. The van der Waals surface area contributed by atoms with Crippen LogP contribution >= 0.6 is 0 Å². The molecule has 0 saturated carbocycles. The lowest BCUT2D eigenvalue weighted by Gasteiger charge is -2.07. The van der Waals surface area contributed by atoms with Gasteiger partial charge in [0, 0.05) is 5.69 Å². The van der Waals surface area contributed by atoms with Gasteiger partial charge in [0.25, 0.3) is 0 Å². The Morgan fingerprint density at radius 2 is 1.87 bits per heavy atom. The van der Waals surface area contributed by atoms with Crippen molar-refractivity contribution in [1.82, 2.24) is 8.96 Å². The van der Waals surface area contributed by atoms with Crippen LogP contribution in [0, 0.1) is 6.92 Å². The standard InChI is InChI=1S/C16H17N3O3S/c1-11-9-15-14(10-13(11)17)18-16(20)19(15)23(21,22)8-7-12-5-3-2-4-6-12/h2-6,9-10H,7-8,17H2,1H3,(H,18,20). The Balaban J connectivity index is 2.03. The van der Waals surface area contributed by atoms with Crippen LogP contribution in [0.15, 0.2) is 47.3 Å². The van der Waals surface area contributed by atoms with Crippen LogP contribution in [0.3, 0.4) is 0 Å². The zero-order chi connectivity index (χ0) is 16.6. The minimum absolute atomic E-state index is 0.146. The van der Waals surface area contributed by atoms with Crippen molar-refractivity contribution in [3.63, 3.8) is 0 Å². The van der Waals surface area contributed by atoms with Gasteiger partial charge >= 0.3 is 5.69 Å². The molecule has 0 aliphatic heterocycles. The second-order valence-electron chi connectivity index (χ2n) is 5.47. The van der Waals surface area contributed by atoms with Gasteiger partial charge in [0.2, 0.25) is 10.0 Å². The van der Waals surface area contributed by atoms with E-state index in [0.29, 0.717) is 23.1 Å². The Kier molecular flexibility index (Phi) is 3.73. The van der Waals surface area contributed by atoms with Gasteiger partial charge in [0.05, 0.1) is 16.8 Å². The molecule has 1 heterocycles. The molecule has 0 aliphatic rings. The van der Waals surface area contributed by atoms with Crippen molar-refractivity contribution in [2.75, 3.05) is 11.5 Å². The van der Waals surface area contributed by atoms with Crippen molar-refractivity contribution in [1.29, 1.82) is 0 Å². The largest absolute Gasteiger partial charge is 0.398 e. The number of hydrogen-bond acceptors (Lipinski definition) is 4. The van der Waals surface area contributed by atoms with Gasteiger partial charge in [0.1, 0.15) is 0 Å². The zero-order valence-electron chi connectivity index (χ0n) is 12.6. The highest BCUT2D eigenvalue weighted by molar-refractivity contribution is 7.90. The molecule has 0 bridgehead atoms. The van der Waals surface area contributed by atoms with Gasteiger partial charge in [-0.1, -0.05) is 30.3 Å². The number of nitrogens with zero attached hydrogens (tertiary/aromatic N) is 1. The first-order chi connectivity index (χ1) is 10.9. The SMILES string of the molecule is Cc1cc2c(cc1N)[nH]c(=O)n2S(=O)(=O)CCc1ccccc1. The van der Waals surface area contributed by atoms with Crippen LogP contribution in [0.5, 0.6) is 0 Å². The summed E-state index contributed by atoms with van der Waals surface area (Å²) in [5.74, 6) is -0.146. The number of benzene rings is 2. The van der Waals surface area contributed by atoms with Crippen LogP contribution in [0.4, 0.5) is 5.69 Å². The fraction of sp³-hybridized carbons (Fsp3) is 0.188. The number of nitrogens with two attached hydrogens (primary N) is 1. The highest BCUT2D eigenvalue weighted by Crippen LogP contribution is 2.20. The van der Waals surface area contributed by atoms with Crippen molar-refractivity contribution in [2.24, 2.45) is 0 Å². The van der Waals surface area contributed by atoms with Crippen molar-refractivity contribution in [2.45, 2.75) is 13.3 Å². The normalized spacial score (nSPS) is 11.9. The monoisotopic (exact) mass is 331 g/mol. The molecule has 0 amide bonds. The second kappa shape index (κ2) is 5.58. The van der Waals surface area contributed by atoms with E-state index in [1.807, 2.05) is 30.3 Å². The topological polar surface area (TPSA) is 97.9 Å². The van der Waals surface area contributed by atoms with E-state index < -0.39 is 15.7 Å². The molecule has 3 N–H and O–H groups in total. The van der Waals surface area contributed by atoms with E-state index in [1.165, 1.54) is 0 Å². The maximum atomic E-state index is 12.6. The lowest BCUT2D eigenvalue weighted by atomic mass is 10.2. The number of rotatable bonds is 4. The van der Waals surface area contributed by atoms with Crippen LogP contribution < -0.4 is 11.4 Å². The van der Waals surface area contributed by atoms with Gasteiger partial charge in [-0.2, -0.15) is 3.97 Å². The van der Waals surface area contributed by atoms with Gasteiger partial charge in [0.15, 0.2) is 0 Å². The number of anilines is 1. The number of aryl methyl sites for hydroxylation is 2. The molecule has 7 heteroatoms. The van der Waals surface area contributed by atoms with Crippen molar-refractivity contribution >= 4 is 26.7 Å². The first-order valence-corrected chi connectivity index (χ1v) is 8.77. The third kappa shape index (κ3) is 2.87. The van der Waals surface area contributed by atoms with Crippen LogP contribution in [0.2, 0.25) is 0 Å². The molecular formula is C16H17N3O3S. The van der Waals surface area contributed by atoms with E-state index in [2.05, 4.69) is 4.98 Å². The molecule has 0 atom stereocenters. The molecule has 120 valence electrons. The van der Waals surface area contributed by atoms with Crippen LogP contribution in [-0.4, -0.2) is 23.1 Å². The lowest BCUT2D eigenvalue weighted by molar-refractivity contribution is 0.586. The predicted octanol–water partition coefficient (Wildman–Crippen LogP) is 1.64. The van der Waals surface area contributed by atoms with E-state index in [-0.39, 0.29) is 5.75 Å². The lowest BCUT2D eigenvalue weighted by Crippen LogP contribution is -2.28. The summed E-state index contributed by atoms with van der Waals surface area (Å²) in [5, 5.41) is 0. The Morgan fingerprint density at radius 3 is 2.57 bits per heavy atom. The zero-order valence-corrected chi connectivity index (χ0v) is 13.4. The average molecular weight is 331 g/mol. The molecule has 23 heavy (non-hydrogen) atoms. The highest BCUT2D eigenvalue weighted by atomic mass is 32.2. The predicted molar refractivity (Wildman–Crippen MR) is 91.0 cm³/mol. The van der Waals surface area contributed by atoms with E-state index >= 15 is 0 Å². The molecule has 3 aromatic rings. The summed E-state index contributed by atoms with van der Waals surface area (Å²) in [6, 6.07) is 12.5. The molecule has 0 radical (unpaired) electrons. The molecule has 0 spiro atoms. The fourth-order valence-corrected chi connectivity index (χ4v) is 3.94. The number of H-pyrrole nitrogens is 1. The molecule has 0 saturated heterocycles. The molecule has 0 fully saturated rings. The average Bonchev–Trinajstić information content (AvgIpc) is 2.82. The summed E-state index contributed by atoms with van der Waals surface area (Å²) >= 11 is 0. The van der Waals surface area contributed by atoms with Gasteiger partial charge < -0.3 is 10.7 Å². The van der Waals surface area contributed by atoms with Crippen LogP contribution in [0.25, 0.3) is 11.0 Å². The van der Waals surface area contributed by atoms with Crippen LogP contribution in [0.1, 0.15) is 11.1 Å². The Morgan fingerprint density at radius 1 is 1.17 bits per heavy atom. The van der Waals surface area contributed by atoms with E-state index in [1.54, 1.807) is 19.1 Å². The highest BCUT2D eigenvalue weighted by Gasteiger charge is 2.20. The van der Waals surface area contributed by atoms with Crippen molar-refractivity contribution in [3.8, 4) is 0 Å². The summed E-state index contributed by atoms with van der Waals surface area (Å²) in [6.07, 6.45) is 0.343. The second-order valence-corrected chi connectivity index (χ2v) is 7.41. The number of imidazole rings is 1. The minimum atomic E-state index is -3.77. The first-order valence-electron chi connectivity index (χ1n) is 7.16. The number of aromatic amines is 1. The fourth-order valence-electron chi connectivity index (χ4n) is 2.51. The van der Waals surface area contributed by atoms with Gasteiger partial charge in [-0.25, -0.2) is 13.2 Å². The minimum Gasteiger partial charge on any atom is -0.398 e. The van der Waals surface area contributed by atoms with E-state index in [9.17, 15) is 13.2 Å². The Hall–Kier alpha value is -2.54. The first kappa shape index (κ1) is 15.4. The third-order valence-corrected chi connectivity index (χ3v) is 5.44. The third-order valence-electron chi connectivity index (χ3n) is 3.80. The molecule has 0 unspecified atom stereocenters. The van der Waals surface area contributed by atoms with E-state index in [0.717, 1.165) is 15.1 Å². The number of fused-ring (bicyclic) bond motifs is 1. The van der Waals surface area contributed by atoms with Crippen molar-refractivity contribution in [3.05, 3.63) is 64.1 Å². The quantitative estimate of drug-likeness (QED) is 0.710. The van der Waals surface area contributed by atoms with Crippen molar-refractivity contribution < 1.29 is 8.42 Å². The van der Waals surface area contributed by atoms with E-state index in [4.69, 9.17) is 5.73 Å². The molecule has 1 aromatic heterocycles. The van der Waals surface area contributed by atoms with Gasteiger partial charge in [-0.3, -0.25) is 0 Å². The summed E-state index contributed by atoms with van der Waals surface area (Å²) < 4.78 is 26.0. The Bertz CT molecular complexity index is 1020. The number of nitrogens with one attached hydrogen (secondary N) is 1. The maximum absolute atomic E-state index is 12.6. The molecule has 0 aliphatic carbocycles.